The predicted molar refractivity (Wildman–Crippen MR) is 121 cm³/mol. The summed E-state index contributed by atoms with van der Waals surface area (Å²) < 4.78 is 0. The number of benzene rings is 1. The standard InChI is InChI=1S/C25H39N3O2/c1-25(2,3)19-22(29)27-15-17-28(18-16-27)23(21-11-7-8-12-21)24(30)26-14-13-20-9-5-4-6-10-20/h4-6,9-10,21,23H,7-8,11-19H2,1-3H3,(H,26,30). The highest BCUT2D eigenvalue weighted by molar-refractivity contribution is 5.82. The Morgan fingerprint density at radius 1 is 1.03 bits per heavy atom. The minimum atomic E-state index is -0.0526. The summed E-state index contributed by atoms with van der Waals surface area (Å²) in [7, 11) is 0. The molecule has 0 radical (unpaired) electrons. The summed E-state index contributed by atoms with van der Waals surface area (Å²) in [5.41, 5.74) is 1.26. The molecule has 1 aliphatic carbocycles. The Kier molecular flexibility index (Phi) is 7.93. The lowest BCUT2D eigenvalue weighted by atomic mass is 9.91. The topological polar surface area (TPSA) is 52.7 Å². The summed E-state index contributed by atoms with van der Waals surface area (Å²) in [6.07, 6.45) is 6.17. The van der Waals surface area contributed by atoms with Gasteiger partial charge in [-0.25, -0.2) is 0 Å². The Morgan fingerprint density at radius 3 is 2.27 bits per heavy atom. The molecular weight excluding hydrogens is 374 g/mol. The van der Waals surface area contributed by atoms with Crippen molar-refractivity contribution in [2.75, 3.05) is 32.7 Å². The van der Waals surface area contributed by atoms with Crippen molar-refractivity contribution < 1.29 is 9.59 Å². The van der Waals surface area contributed by atoms with Crippen LogP contribution in [0.5, 0.6) is 0 Å². The molecule has 166 valence electrons. The van der Waals surface area contributed by atoms with Crippen molar-refractivity contribution in [1.29, 1.82) is 0 Å². The largest absolute Gasteiger partial charge is 0.354 e. The van der Waals surface area contributed by atoms with Crippen molar-refractivity contribution in [3.8, 4) is 0 Å². The van der Waals surface area contributed by atoms with Crippen LogP contribution < -0.4 is 5.32 Å². The molecule has 1 saturated heterocycles. The van der Waals surface area contributed by atoms with Crippen LogP contribution in [0.25, 0.3) is 0 Å². The van der Waals surface area contributed by atoms with E-state index in [1.165, 1.54) is 18.4 Å². The van der Waals surface area contributed by atoms with E-state index in [0.717, 1.165) is 45.4 Å². The van der Waals surface area contributed by atoms with E-state index in [-0.39, 0.29) is 23.3 Å². The van der Waals surface area contributed by atoms with Crippen molar-refractivity contribution in [3.05, 3.63) is 35.9 Å². The summed E-state index contributed by atoms with van der Waals surface area (Å²) >= 11 is 0. The van der Waals surface area contributed by atoms with E-state index < -0.39 is 0 Å². The first-order valence-electron chi connectivity index (χ1n) is 11.7. The number of piperazine rings is 1. The van der Waals surface area contributed by atoms with Gasteiger partial charge in [-0.2, -0.15) is 0 Å². The molecule has 1 saturated carbocycles. The Labute approximate surface area is 182 Å². The number of carbonyl (C=O) groups is 2. The average molecular weight is 414 g/mol. The molecule has 0 bridgehead atoms. The third-order valence-corrected chi connectivity index (χ3v) is 6.41. The maximum Gasteiger partial charge on any atom is 0.237 e. The first-order valence-corrected chi connectivity index (χ1v) is 11.7. The molecule has 5 nitrogen and oxygen atoms in total. The smallest absolute Gasteiger partial charge is 0.237 e. The minimum Gasteiger partial charge on any atom is -0.354 e. The zero-order valence-electron chi connectivity index (χ0n) is 19.0. The fourth-order valence-electron chi connectivity index (χ4n) is 4.85. The van der Waals surface area contributed by atoms with Gasteiger partial charge in [-0.1, -0.05) is 63.9 Å². The fraction of sp³-hybridized carbons (Fsp3) is 0.680. The molecule has 1 unspecified atom stereocenters. The van der Waals surface area contributed by atoms with Crippen LogP contribution in [0, 0.1) is 11.3 Å². The van der Waals surface area contributed by atoms with Gasteiger partial charge in [-0.15, -0.1) is 0 Å². The molecule has 2 aliphatic rings. The van der Waals surface area contributed by atoms with Crippen molar-refractivity contribution >= 4 is 11.8 Å². The van der Waals surface area contributed by atoms with E-state index in [2.05, 4.69) is 43.1 Å². The van der Waals surface area contributed by atoms with E-state index in [1.54, 1.807) is 0 Å². The third-order valence-electron chi connectivity index (χ3n) is 6.41. The second kappa shape index (κ2) is 10.4. The van der Waals surface area contributed by atoms with Crippen LogP contribution in [-0.2, 0) is 16.0 Å². The molecule has 1 N–H and O–H groups in total. The molecule has 1 aromatic carbocycles. The van der Waals surface area contributed by atoms with Crippen LogP contribution in [-0.4, -0.2) is 60.4 Å². The molecule has 5 heteroatoms. The Bertz CT molecular complexity index is 684. The van der Waals surface area contributed by atoms with Gasteiger partial charge in [0, 0.05) is 39.1 Å². The number of hydrogen-bond donors (Lipinski definition) is 1. The van der Waals surface area contributed by atoms with Crippen LogP contribution in [0.2, 0.25) is 0 Å². The van der Waals surface area contributed by atoms with Crippen molar-refractivity contribution in [1.82, 2.24) is 15.1 Å². The molecule has 0 aromatic heterocycles. The van der Waals surface area contributed by atoms with Gasteiger partial charge < -0.3 is 10.2 Å². The maximum atomic E-state index is 13.2. The summed E-state index contributed by atoms with van der Waals surface area (Å²) in [6.45, 7) is 10.1. The van der Waals surface area contributed by atoms with Gasteiger partial charge >= 0.3 is 0 Å². The highest BCUT2D eigenvalue weighted by atomic mass is 16.2. The van der Waals surface area contributed by atoms with Gasteiger partial charge in [-0.3, -0.25) is 14.5 Å². The van der Waals surface area contributed by atoms with E-state index in [1.807, 2.05) is 23.1 Å². The van der Waals surface area contributed by atoms with Gasteiger partial charge in [0.1, 0.15) is 0 Å². The van der Waals surface area contributed by atoms with Crippen LogP contribution >= 0.6 is 0 Å². The van der Waals surface area contributed by atoms with Crippen molar-refractivity contribution in [3.63, 3.8) is 0 Å². The molecule has 1 atom stereocenters. The second-order valence-corrected chi connectivity index (χ2v) is 10.2. The normalized spacial score (nSPS) is 19.6. The molecule has 1 aromatic rings. The summed E-state index contributed by atoms with van der Waals surface area (Å²) in [6, 6.07) is 10.3. The molecule has 0 spiro atoms. The molecule has 1 aliphatic heterocycles. The van der Waals surface area contributed by atoms with Gasteiger partial charge in [-0.05, 0) is 36.2 Å². The van der Waals surface area contributed by atoms with Gasteiger partial charge in [0.15, 0.2) is 0 Å². The van der Waals surface area contributed by atoms with E-state index >= 15 is 0 Å². The maximum absolute atomic E-state index is 13.2. The van der Waals surface area contributed by atoms with E-state index in [0.29, 0.717) is 18.9 Å². The highest BCUT2D eigenvalue weighted by Crippen LogP contribution is 2.31. The van der Waals surface area contributed by atoms with E-state index in [4.69, 9.17) is 0 Å². The Balaban J connectivity index is 1.55. The molecule has 1 heterocycles. The van der Waals surface area contributed by atoms with Gasteiger partial charge in [0.25, 0.3) is 0 Å². The van der Waals surface area contributed by atoms with Crippen LogP contribution in [0.4, 0.5) is 0 Å². The Morgan fingerprint density at radius 2 is 1.67 bits per heavy atom. The lowest BCUT2D eigenvalue weighted by Crippen LogP contribution is -2.58. The number of nitrogens with one attached hydrogen (secondary N) is 1. The average Bonchev–Trinajstić information content (AvgIpc) is 3.22. The lowest BCUT2D eigenvalue weighted by molar-refractivity contribution is -0.136. The summed E-state index contributed by atoms with van der Waals surface area (Å²) in [4.78, 5) is 30.1. The van der Waals surface area contributed by atoms with Crippen molar-refractivity contribution in [2.45, 2.75) is 65.3 Å². The van der Waals surface area contributed by atoms with Crippen LogP contribution in [0.15, 0.2) is 30.3 Å². The number of amides is 2. The highest BCUT2D eigenvalue weighted by Gasteiger charge is 2.37. The predicted octanol–water partition coefficient (Wildman–Crippen LogP) is 3.48. The summed E-state index contributed by atoms with van der Waals surface area (Å²) in [5, 5.41) is 3.21. The Hall–Kier alpha value is -1.88. The first kappa shape index (κ1) is 22.8. The SMILES string of the molecule is CC(C)(C)CC(=O)N1CCN(C(C(=O)NCCc2ccccc2)C2CCCC2)CC1. The zero-order valence-corrected chi connectivity index (χ0v) is 19.0. The van der Waals surface area contributed by atoms with E-state index in [9.17, 15) is 9.59 Å². The minimum absolute atomic E-state index is 0.0131. The number of rotatable bonds is 7. The van der Waals surface area contributed by atoms with Crippen LogP contribution in [0.3, 0.4) is 0 Å². The molecule has 30 heavy (non-hydrogen) atoms. The zero-order chi connectivity index (χ0) is 21.6. The second-order valence-electron chi connectivity index (χ2n) is 10.2. The number of hydrogen-bond acceptors (Lipinski definition) is 3. The van der Waals surface area contributed by atoms with Gasteiger partial charge in [0.2, 0.25) is 11.8 Å². The van der Waals surface area contributed by atoms with Crippen molar-refractivity contribution in [2.24, 2.45) is 11.3 Å². The van der Waals surface area contributed by atoms with Crippen LogP contribution in [0.1, 0.15) is 58.4 Å². The monoisotopic (exact) mass is 413 g/mol. The quantitative estimate of drug-likeness (QED) is 0.745. The number of carbonyl (C=O) groups excluding carboxylic acids is 2. The first-order chi connectivity index (χ1) is 14.3. The molecule has 3 rings (SSSR count). The summed E-state index contributed by atoms with van der Waals surface area (Å²) in [5.74, 6) is 0.859. The molecule has 2 fully saturated rings. The molecular formula is C25H39N3O2. The lowest BCUT2D eigenvalue weighted by Gasteiger charge is -2.41. The third kappa shape index (κ3) is 6.56. The molecule has 2 amide bonds. The fourth-order valence-corrected chi connectivity index (χ4v) is 4.85. The van der Waals surface area contributed by atoms with Gasteiger partial charge in [0.05, 0.1) is 6.04 Å². The number of nitrogens with zero attached hydrogens (tertiary/aromatic N) is 2.